The molecule has 20 heavy (non-hydrogen) atoms. The van der Waals surface area contributed by atoms with Crippen molar-refractivity contribution in [2.45, 2.75) is 26.8 Å². The molecule has 0 aliphatic carbocycles. The Morgan fingerprint density at radius 3 is 2.60 bits per heavy atom. The van der Waals surface area contributed by atoms with Gasteiger partial charge < -0.3 is 21.3 Å². The van der Waals surface area contributed by atoms with E-state index in [9.17, 15) is 9.59 Å². The van der Waals surface area contributed by atoms with Crippen molar-refractivity contribution in [3.05, 3.63) is 4.88 Å². The first-order valence-electron chi connectivity index (χ1n) is 6.41. The lowest BCUT2D eigenvalue weighted by molar-refractivity contribution is -0.121. The van der Waals surface area contributed by atoms with Crippen LogP contribution in [-0.2, 0) is 4.79 Å². The number of anilines is 2. The van der Waals surface area contributed by atoms with Gasteiger partial charge in [0.05, 0.1) is 6.54 Å². The number of amides is 2. The normalized spacial score (nSPS) is 10.4. The highest BCUT2D eigenvalue weighted by Gasteiger charge is 2.22. The molecule has 1 rings (SSSR count). The summed E-state index contributed by atoms with van der Waals surface area (Å²) < 4.78 is 0. The molecular weight excluding hydrogens is 278 g/mol. The number of nitrogen functional groups attached to an aromatic ring is 1. The second kappa shape index (κ2) is 7.09. The van der Waals surface area contributed by atoms with Gasteiger partial charge in [0.15, 0.2) is 5.13 Å². The van der Waals surface area contributed by atoms with Crippen molar-refractivity contribution >= 4 is 34.1 Å². The van der Waals surface area contributed by atoms with E-state index in [1.165, 1.54) is 23.3 Å². The van der Waals surface area contributed by atoms with Crippen molar-refractivity contribution in [3.63, 3.8) is 0 Å². The number of rotatable bonds is 6. The molecule has 8 heteroatoms. The third kappa shape index (κ3) is 4.09. The van der Waals surface area contributed by atoms with Crippen LogP contribution in [0.1, 0.15) is 30.4 Å². The summed E-state index contributed by atoms with van der Waals surface area (Å²) in [5, 5.41) is 6.21. The molecule has 1 heterocycles. The molecule has 4 N–H and O–H groups in total. The van der Waals surface area contributed by atoms with Gasteiger partial charge in [-0.1, -0.05) is 11.3 Å². The van der Waals surface area contributed by atoms with Gasteiger partial charge in [0.2, 0.25) is 5.91 Å². The molecule has 0 saturated carbocycles. The number of nitrogens with two attached hydrogens (primary N) is 1. The third-order valence-electron chi connectivity index (χ3n) is 2.54. The monoisotopic (exact) mass is 299 g/mol. The van der Waals surface area contributed by atoms with E-state index in [1.807, 2.05) is 20.8 Å². The predicted molar refractivity (Wildman–Crippen MR) is 80.9 cm³/mol. The van der Waals surface area contributed by atoms with E-state index in [2.05, 4.69) is 15.6 Å². The molecule has 0 atom stereocenters. The number of likely N-dealkylation sites (N-methyl/N-ethyl adjacent to an activating group) is 2. The number of carbonyl (C=O) groups is 2. The lowest BCUT2D eigenvalue weighted by Gasteiger charge is -2.18. The molecule has 0 spiro atoms. The molecule has 1 aromatic heterocycles. The van der Waals surface area contributed by atoms with Crippen molar-refractivity contribution in [3.8, 4) is 0 Å². The molecule has 7 nitrogen and oxygen atoms in total. The average molecular weight is 299 g/mol. The minimum absolute atomic E-state index is 0.0100. The minimum atomic E-state index is -0.275. The molecule has 1 aromatic rings. The Labute approximate surface area is 122 Å². The van der Waals surface area contributed by atoms with Crippen molar-refractivity contribution in [1.82, 2.24) is 15.2 Å². The van der Waals surface area contributed by atoms with Crippen molar-refractivity contribution in [2.75, 3.05) is 31.2 Å². The van der Waals surface area contributed by atoms with E-state index >= 15 is 0 Å². The highest BCUT2D eigenvalue weighted by atomic mass is 32.1. The molecule has 0 aliphatic rings. The standard InChI is InChI=1S/C12H21N5O2S/c1-5-17(6-8(18)14-4)11(19)9-10(13)16-12(20-9)15-7(2)3/h7H,5-6,13H2,1-4H3,(H,14,18)(H,15,16). The Morgan fingerprint density at radius 1 is 1.45 bits per heavy atom. The van der Waals surface area contributed by atoms with E-state index in [4.69, 9.17) is 5.73 Å². The molecule has 0 fully saturated rings. The van der Waals surface area contributed by atoms with Gasteiger partial charge in [-0.2, -0.15) is 0 Å². The maximum atomic E-state index is 12.4. The molecular formula is C12H21N5O2S. The first-order valence-corrected chi connectivity index (χ1v) is 7.23. The molecule has 0 radical (unpaired) electrons. The van der Waals surface area contributed by atoms with Crippen LogP contribution in [0.3, 0.4) is 0 Å². The molecule has 0 unspecified atom stereocenters. The summed E-state index contributed by atoms with van der Waals surface area (Å²) in [6.07, 6.45) is 0. The summed E-state index contributed by atoms with van der Waals surface area (Å²) in [5.74, 6) is -0.301. The number of carbonyl (C=O) groups excluding carboxylic acids is 2. The fraction of sp³-hybridized carbons (Fsp3) is 0.583. The smallest absolute Gasteiger partial charge is 0.268 e. The number of thiazole rings is 1. The molecule has 0 saturated heterocycles. The largest absolute Gasteiger partial charge is 0.382 e. The highest BCUT2D eigenvalue weighted by Crippen LogP contribution is 2.26. The Bertz CT molecular complexity index is 486. The van der Waals surface area contributed by atoms with Crippen LogP contribution in [0.2, 0.25) is 0 Å². The second-order valence-electron chi connectivity index (χ2n) is 4.52. The fourth-order valence-corrected chi connectivity index (χ4v) is 2.52. The van der Waals surface area contributed by atoms with E-state index in [0.717, 1.165) is 0 Å². The Hall–Kier alpha value is -1.83. The van der Waals surface area contributed by atoms with Crippen LogP contribution in [0.15, 0.2) is 0 Å². The summed E-state index contributed by atoms with van der Waals surface area (Å²) >= 11 is 1.20. The van der Waals surface area contributed by atoms with Gasteiger partial charge in [0, 0.05) is 19.6 Å². The van der Waals surface area contributed by atoms with Crippen LogP contribution in [0.5, 0.6) is 0 Å². The zero-order valence-corrected chi connectivity index (χ0v) is 13.0. The summed E-state index contributed by atoms with van der Waals surface area (Å²) in [6, 6.07) is 0.205. The van der Waals surface area contributed by atoms with Crippen LogP contribution in [0.25, 0.3) is 0 Å². The van der Waals surface area contributed by atoms with Crippen LogP contribution in [0, 0.1) is 0 Å². The van der Waals surface area contributed by atoms with Crippen LogP contribution >= 0.6 is 11.3 Å². The highest BCUT2D eigenvalue weighted by molar-refractivity contribution is 7.18. The van der Waals surface area contributed by atoms with E-state index in [-0.39, 0.29) is 30.2 Å². The first kappa shape index (κ1) is 16.2. The lowest BCUT2D eigenvalue weighted by Crippen LogP contribution is -2.39. The van der Waals surface area contributed by atoms with Crippen molar-refractivity contribution in [2.24, 2.45) is 0 Å². The van der Waals surface area contributed by atoms with Gasteiger partial charge in [0.1, 0.15) is 10.7 Å². The fourth-order valence-electron chi connectivity index (χ4n) is 1.52. The van der Waals surface area contributed by atoms with Gasteiger partial charge in [0.25, 0.3) is 5.91 Å². The molecule has 0 aromatic carbocycles. The van der Waals surface area contributed by atoms with Crippen molar-refractivity contribution in [1.29, 1.82) is 0 Å². The minimum Gasteiger partial charge on any atom is -0.382 e. The van der Waals surface area contributed by atoms with Crippen molar-refractivity contribution < 1.29 is 9.59 Å². The topological polar surface area (TPSA) is 100 Å². The number of hydrogen-bond donors (Lipinski definition) is 3. The first-order chi connectivity index (χ1) is 9.38. The molecule has 0 bridgehead atoms. The number of hydrogen-bond acceptors (Lipinski definition) is 6. The van der Waals surface area contributed by atoms with E-state index in [0.29, 0.717) is 16.6 Å². The van der Waals surface area contributed by atoms with Crippen LogP contribution in [0.4, 0.5) is 10.9 Å². The summed E-state index contributed by atoms with van der Waals surface area (Å²) in [4.78, 5) is 29.7. The summed E-state index contributed by atoms with van der Waals surface area (Å²) in [5.41, 5.74) is 5.79. The Kier molecular flexibility index (Phi) is 5.75. The lowest BCUT2D eigenvalue weighted by atomic mass is 10.3. The number of nitrogens with zero attached hydrogens (tertiary/aromatic N) is 2. The zero-order valence-electron chi connectivity index (χ0n) is 12.2. The average Bonchev–Trinajstić information content (AvgIpc) is 2.74. The number of aromatic nitrogens is 1. The van der Waals surface area contributed by atoms with Gasteiger partial charge in [-0.05, 0) is 20.8 Å². The van der Waals surface area contributed by atoms with Gasteiger partial charge in [-0.25, -0.2) is 4.98 Å². The van der Waals surface area contributed by atoms with Gasteiger partial charge in [-0.15, -0.1) is 0 Å². The number of nitrogens with one attached hydrogen (secondary N) is 2. The van der Waals surface area contributed by atoms with E-state index in [1.54, 1.807) is 0 Å². The molecule has 112 valence electrons. The predicted octanol–water partition coefficient (Wildman–Crippen LogP) is 0.754. The maximum Gasteiger partial charge on any atom is 0.268 e. The zero-order chi connectivity index (χ0) is 15.3. The third-order valence-corrected chi connectivity index (χ3v) is 3.53. The van der Waals surface area contributed by atoms with Gasteiger partial charge >= 0.3 is 0 Å². The van der Waals surface area contributed by atoms with Crippen LogP contribution in [-0.4, -0.2) is 47.9 Å². The Balaban J connectivity index is 2.89. The summed E-state index contributed by atoms with van der Waals surface area (Å²) in [7, 11) is 1.53. The SMILES string of the molecule is CCN(CC(=O)NC)C(=O)c1sc(NC(C)C)nc1N. The summed E-state index contributed by atoms with van der Waals surface area (Å²) in [6.45, 7) is 6.20. The molecule has 0 aliphatic heterocycles. The maximum absolute atomic E-state index is 12.4. The molecule has 2 amide bonds. The van der Waals surface area contributed by atoms with Crippen LogP contribution < -0.4 is 16.4 Å². The second-order valence-corrected chi connectivity index (χ2v) is 5.52. The van der Waals surface area contributed by atoms with E-state index < -0.39 is 0 Å². The van der Waals surface area contributed by atoms with Gasteiger partial charge in [-0.3, -0.25) is 9.59 Å². The Morgan fingerprint density at radius 2 is 2.10 bits per heavy atom. The quantitative estimate of drug-likeness (QED) is 0.720.